The fraction of sp³-hybridized carbons (Fsp3) is 0.360. The van der Waals surface area contributed by atoms with Gasteiger partial charge < -0.3 is 22.1 Å². The highest BCUT2D eigenvalue weighted by molar-refractivity contribution is 7.14. The zero-order valence-electron chi connectivity index (χ0n) is 20.3. The summed E-state index contributed by atoms with van der Waals surface area (Å²) in [6.07, 6.45) is 5.70. The van der Waals surface area contributed by atoms with Crippen LogP contribution in [-0.2, 0) is 11.3 Å². The number of amides is 2. The molecule has 0 unspecified atom stereocenters. The standard InChI is InChI=1S/C25H29N9O2S/c26-12-18-19(27)11-21(33-23(18)30-8-4-22(28)35)24(36)31-13-16-5-9-34(10-6-16)15-17-14-32-25(37-17)20-3-1-2-7-29-20/h1-3,7,11,14,16H,4-6,8-10,13,15H2,(H2,28,35)(H,31,36)(H3,27,30,33). The topological polar surface area (TPSA) is 176 Å². The summed E-state index contributed by atoms with van der Waals surface area (Å²) in [5.74, 6) is -0.324. The van der Waals surface area contributed by atoms with Crippen LogP contribution in [0, 0.1) is 17.2 Å². The van der Waals surface area contributed by atoms with Crippen molar-refractivity contribution in [2.75, 3.05) is 37.2 Å². The molecule has 6 N–H and O–H groups in total. The Labute approximate surface area is 218 Å². The molecule has 0 aliphatic carbocycles. The smallest absolute Gasteiger partial charge is 0.270 e. The minimum absolute atomic E-state index is 0.0654. The highest BCUT2D eigenvalue weighted by Gasteiger charge is 2.22. The minimum atomic E-state index is -0.486. The zero-order valence-corrected chi connectivity index (χ0v) is 21.1. The highest BCUT2D eigenvalue weighted by Crippen LogP contribution is 2.26. The maximum absolute atomic E-state index is 12.8. The second kappa shape index (κ2) is 12.2. The lowest BCUT2D eigenvalue weighted by Crippen LogP contribution is -2.38. The summed E-state index contributed by atoms with van der Waals surface area (Å²) in [6.45, 7) is 3.44. The van der Waals surface area contributed by atoms with Gasteiger partial charge in [-0.3, -0.25) is 19.5 Å². The van der Waals surface area contributed by atoms with Crippen molar-refractivity contribution >= 4 is 34.7 Å². The van der Waals surface area contributed by atoms with Crippen molar-refractivity contribution in [2.24, 2.45) is 11.7 Å². The van der Waals surface area contributed by atoms with Gasteiger partial charge in [0, 0.05) is 43.3 Å². The molecule has 192 valence electrons. The van der Waals surface area contributed by atoms with Crippen molar-refractivity contribution in [1.29, 1.82) is 5.26 Å². The van der Waals surface area contributed by atoms with E-state index in [1.165, 1.54) is 10.9 Å². The number of nitrogens with zero attached hydrogens (tertiary/aromatic N) is 5. The molecule has 2 amide bonds. The number of primary amides is 1. The van der Waals surface area contributed by atoms with Gasteiger partial charge in [-0.2, -0.15) is 5.26 Å². The summed E-state index contributed by atoms with van der Waals surface area (Å²) >= 11 is 1.67. The van der Waals surface area contributed by atoms with Crippen LogP contribution in [0.2, 0.25) is 0 Å². The van der Waals surface area contributed by atoms with Crippen molar-refractivity contribution in [3.8, 4) is 16.8 Å². The lowest BCUT2D eigenvalue weighted by molar-refractivity contribution is -0.117. The monoisotopic (exact) mass is 519 g/mol. The normalized spacial score (nSPS) is 14.1. The van der Waals surface area contributed by atoms with E-state index >= 15 is 0 Å². The Morgan fingerprint density at radius 1 is 1.24 bits per heavy atom. The molecule has 0 spiro atoms. The van der Waals surface area contributed by atoms with Gasteiger partial charge in [0.05, 0.1) is 11.4 Å². The number of nitrogen functional groups attached to an aromatic ring is 1. The van der Waals surface area contributed by atoms with E-state index in [4.69, 9.17) is 11.5 Å². The number of likely N-dealkylation sites (tertiary alicyclic amines) is 1. The van der Waals surface area contributed by atoms with Crippen LogP contribution in [0.3, 0.4) is 0 Å². The highest BCUT2D eigenvalue weighted by atomic mass is 32.1. The number of rotatable bonds is 10. The number of nitrogens with two attached hydrogens (primary N) is 2. The largest absolute Gasteiger partial charge is 0.397 e. The first-order chi connectivity index (χ1) is 17.9. The predicted octanol–water partition coefficient (Wildman–Crippen LogP) is 1.98. The number of nitrogens with one attached hydrogen (secondary N) is 2. The lowest BCUT2D eigenvalue weighted by Gasteiger charge is -2.31. The second-order valence-electron chi connectivity index (χ2n) is 8.85. The third-order valence-electron chi connectivity index (χ3n) is 6.13. The number of piperidine rings is 1. The van der Waals surface area contributed by atoms with Gasteiger partial charge in [0.15, 0.2) is 0 Å². The number of aromatic nitrogens is 3. The van der Waals surface area contributed by atoms with E-state index in [0.717, 1.165) is 43.2 Å². The molecule has 3 aromatic heterocycles. The molecule has 0 bridgehead atoms. The Morgan fingerprint density at radius 2 is 2.05 bits per heavy atom. The molecular weight excluding hydrogens is 490 g/mol. The molecule has 37 heavy (non-hydrogen) atoms. The fourth-order valence-electron chi connectivity index (χ4n) is 4.12. The number of thiazole rings is 1. The van der Waals surface area contributed by atoms with Crippen molar-refractivity contribution in [3.63, 3.8) is 0 Å². The van der Waals surface area contributed by atoms with Crippen molar-refractivity contribution in [3.05, 3.63) is 52.8 Å². The lowest BCUT2D eigenvalue weighted by atomic mass is 9.96. The molecule has 0 atom stereocenters. The zero-order chi connectivity index (χ0) is 26.2. The van der Waals surface area contributed by atoms with Crippen LogP contribution in [0.4, 0.5) is 11.5 Å². The molecule has 3 aromatic rings. The van der Waals surface area contributed by atoms with Crippen LogP contribution < -0.4 is 22.1 Å². The van der Waals surface area contributed by atoms with Crippen LogP contribution in [0.25, 0.3) is 10.7 Å². The quantitative estimate of drug-likeness (QED) is 0.312. The van der Waals surface area contributed by atoms with Crippen LogP contribution in [0.1, 0.15) is 40.2 Å². The van der Waals surface area contributed by atoms with Crippen molar-refractivity contribution in [2.45, 2.75) is 25.8 Å². The second-order valence-corrected chi connectivity index (χ2v) is 9.97. The molecule has 12 heteroatoms. The van der Waals surface area contributed by atoms with E-state index in [-0.39, 0.29) is 41.6 Å². The Hall–Kier alpha value is -4.08. The van der Waals surface area contributed by atoms with Gasteiger partial charge in [0.2, 0.25) is 5.91 Å². The number of nitriles is 1. The predicted molar refractivity (Wildman–Crippen MR) is 141 cm³/mol. The Balaban J connectivity index is 1.26. The van der Waals surface area contributed by atoms with Gasteiger partial charge in [0.25, 0.3) is 5.91 Å². The third-order valence-corrected chi connectivity index (χ3v) is 7.14. The third kappa shape index (κ3) is 6.99. The molecule has 1 fully saturated rings. The average molecular weight is 520 g/mol. The SMILES string of the molecule is N#Cc1c(N)cc(C(=O)NCC2CCN(Cc3cnc(-c4ccccn4)s3)CC2)nc1NCCC(N)=O. The van der Waals surface area contributed by atoms with Crippen molar-refractivity contribution in [1.82, 2.24) is 25.2 Å². The van der Waals surface area contributed by atoms with E-state index in [2.05, 4.69) is 30.5 Å². The van der Waals surface area contributed by atoms with Gasteiger partial charge in [-0.25, -0.2) is 9.97 Å². The fourth-order valence-corrected chi connectivity index (χ4v) is 5.05. The molecule has 1 saturated heterocycles. The molecule has 11 nitrogen and oxygen atoms in total. The molecule has 4 heterocycles. The van der Waals surface area contributed by atoms with E-state index < -0.39 is 5.91 Å². The van der Waals surface area contributed by atoms with E-state index in [0.29, 0.717) is 12.5 Å². The maximum Gasteiger partial charge on any atom is 0.270 e. The van der Waals surface area contributed by atoms with Crippen LogP contribution >= 0.6 is 11.3 Å². The molecule has 0 aromatic carbocycles. The summed E-state index contributed by atoms with van der Waals surface area (Å²) in [5, 5.41) is 16.1. The first-order valence-corrected chi connectivity index (χ1v) is 12.8. The van der Waals surface area contributed by atoms with E-state index in [1.807, 2.05) is 30.5 Å². The number of hydrogen-bond acceptors (Lipinski definition) is 10. The molecule has 0 saturated carbocycles. The summed E-state index contributed by atoms with van der Waals surface area (Å²) in [6, 6.07) is 9.18. The summed E-state index contributed by atoms with van der Waals surface area (Å²) < 4.78 is 0. The van der Waals surface area contributed by atoms with Crippen LogP contribution in [-0.4, -0.2) is 57.8 Å². The first kappa shape index (κ1) is 26.0. The summed E-state index contributed by atoms with van der Waals surface area (Å²) in [5.41, 5.74) is 12.4. The van der Waals surface area contributed by atoms with Gasteiger partial charge in [0.1, 0.15) is 28.2 Å². The summed E-state index contributed by atoms with van der Waals surface area (Å²) in [4.78, 5) is 40.5. The molecular formula is C25H29N9O2S. The molecule has 0 radical (unpaired) electrons. The van der Waals surface area contributed by atoms with Crippen LogP contribution in [0.5, 0.6) is 0 Å². The number of hydrogen-bond donors (Lipinski definition) is 4. The Morgan fingerprint density at radius 3 is 2.76 bits per heavy atom. The Bertz CT molecular complexity index is 1280. The number of carbonyl (C=O) groups is 2. The van der Waals surface area contributed by atoms with Gasteiger partial charge in [-0.1, -0.05) is 6.07 Å². The van der Waals surface area contributed by atoms with E-state index in [1.54, 1.807) is 17.5 Å². The maximum atomic E-state index is 12.8. The van der Waals surface area contributed by atoms with Gasteiger partial charge in [-0.05, 0) is 50.0 Å². The van der Waals surface area contributed by atoms with Crippen molar-refractivity contribution < 1.29 is 9.59 Å². The van der Waals surface area contributed by atoms with Gasteiger partial charge >= 0.3 is 0 Å². The molecule has 1 aliphatic heterocycles. The van der Waals surface area contributed by atoms with Gasteiger partial charge in [-0.15, -0.1) is 11.3 Å². The summed E-state index contributed by atoms with van der Waals surface area (Å²) in [7, 11) is 0. The minimum Gasteiger partial charge on any atom is -0.397 e. The molecule has 4 rings (SSSR count). The molecule has 1 aliphatic rings. The van der Waals surface area contributed by atoms with E-state index in [9.17, 15) is 14.9 Å². The number of anilines is 2. The van der Waals surface area contributed by atoms with Crippen LogP contribution in [0.15, 0.2) is 36.7 Å². The first-order valence-electron chi connectivity index (χ1n) is 12.0. The number of pyridine rings is 2. The number of carbonyl (C=O) groups excluding carboxylic acids is 2. The Kier molecular flexibility index (Phi) is 8.60. The average Bonchev–Trinajstić information content (AvgIpc) is 3.36.